The molecule has 3 N–H and O–H groups in total. The number of nitrogens with two attached hydrogens (primary N) is 1. The van der Waals surface area contributed by atoms with Crippen LogP contribution in [0.4, 0.5) is 0 Å². The van der Waals surface area contributed by atoms with Gasteiger partial charge in [0.25, 0.3) is 0 Å². The lowest BCUT2D eigenvalue weighted by Crippen LogP contribution is -2.23. The normalized spacial score (nSPS) is 12.9. The molecule has 1 aromatic heterocycles. The number of carbonyl (C=O) groups is 1. The summed E-state index contributed by atoms with van der Waals surface area (Å²) in [7, 11) is 0. The molecule has 0 spiro atoms. The van der Waals surface area contributed by atoms with Gasteiger partial charge in [0.2, 0.25) is 0 Å². The first-order chi connectivity index (χ1) is 6.79. The van der Waals surface area contributed by atoms with E-state index in [0.29, 0.717) is 6.42 Å². The summed E-state index contributed by atoms with van der Waals surface area (Å²) in [5, 5.41) is 1.15. The van der Waals surface area contributed by atoms with E-state index in [1.54, 1.807) is 0 Å². The number of rotatable bonds is 3. The summed E-state index contributed by atoms with van der Waals surface area (Å²) >= 11 is 0. The third kappa shape index (κ3) is 1.67. The Bertz CT molecular complexity index is 447. The second kappa shape index (κ2) is 3.64. The fourth-order valence-electron chi connectivity index (χ4n) is 1.55. The van der Waals surface area contributed by atoms with Gasteiger partial charge in [0.15, 0.2) is 0 Å². The Morgan fingerprint density at radius 1 is 1.43 bits per heavy atom. The monoisotopic (exact) mass is 188 g/mol. The van der Waals surface area contributed by atoms with Crippen molar-refractivity contribution in [2.45, 2.75) is 12.5 Å². The molecular formula is C11H12N2O. The van der Waals surface area contributed by atoms with Crippen LogP contribution in [0.1, 0.15) is 5.56 Å². The number of hydrogen-bond acceptors (Lipinski definition) is 2. The van der Waals surface area contributed by atoms with Crippen LogP contribution in [-0.4, -0.2) is 17.3 Å². The Hall–Kier alpha value is -1.61. The van der Waals surface area contributed by atoms with Crippen LogP contribution in [0, 0.1) is 0 Å². The van der Waals surface area contributed by atoms with E-state index in [1.807, 2.05) is 24.4 Å². The molecule has 1 unspecified atom stereocenters. The molecule has 0 aliphatic rings. The van der Waals surface area contributed by atoms with Gasteiger partial charge in [-0.3, -0.25) is 0 Å². The second-order valence-electron chi connectivity index (χ2n) is 3.40. The van der Waals surface area contributed by atoms with E-state index >= 15 is 0 Å². The molecule has 2 aromatic rings. The highest BCUT2D eigenvalue weighted by Gasteiger charge is 2.02. The minimum Gasteiger partial charge on any atom is -0.361 e. The Morgan fingerprint density at radius 3 is 3.07 bits per heavy atom. The fourth-order valence-corrected chi connectivity index (χ4v) is 1.55. The lowest BCUT2D eigenvalue weighted by Gasteiger charge is -2.03. The topological polar surface area (TPSA) is 58.9 Å². The number of hydrogen-bond donors (Lipinski definition) is 2. The number of fused-ring (bicyclic) bond motifs is 1. The fraction of sp³-hybridized carbons (Fsp3) is 0.182. The number of H-pyrrole nitrogens is 1. The first-order valence-electron chi connectivity index (χ1n) is 4.56. The molecule has 0 radical (unpaired) electrons. The molecule has 72 valence electrons. The molecule has 3 heteroatoms. The molecular weight excluding hydrogens is 176 g/mol. The predicted octanol–water partition coefficient (Wildman–Crippen LogP) is 1.24. The molecule has 14 heavy (non-hydrogen) atoms. The van der Waals surface area contributed by atoms with E-state index in [0.717, 1.165) is 22.8 Å². The molecule has 0 fully saturated rings. The quantitative estimate of drug-likeness (QED) is 0.712. The first-order valence-corrected chi connectivity index (χ1v) is 4.56. The van der Waals surface area contributed by atoms with Gasteiger partial charge < -0.3 is 15.5 Å². The van der Waals surface area contributed by atoms with Crippen molar-refractivity contribution in [2.75, 3.05) is 0 Å². The van der Waals surface area contributed by atoms with Crippen molar-refractivity contribution in [1.82, 2.24) is 4.98 Å². The lowest BCUT2D eigenvalue weighted by molar-refractivity contribution is -0.108. The molecule has 0 bridgehead atoms. The molecule has 0 amide bonds. The van der Waals surface area contributed by atoms with Gasteiger partial charge >= 0.3 is 0 Å². The van der Waals surface area contributed by atoms with Crippen LogP contribution in [0.15, 0.2) is 30.5 Å². The minimum absolute atomic E-state index is 0.397. The van der Waals surface area contributed by atoms with Crippen molar-refractivity contribution in [3.63, 3.8) is 0 Å². The van der Waals surface area contributed by atoms with Gasteiger partial charge in [-0.2, -0.15) is 0 Å². The molecule has 1 aromatic carbocycles. The maximum Gasteiger partial charge on any atom is 0.137 e. The molecule has 3 nitrogen and oxygen atoms in total. The van der Waals surface area contributed by atoms with Crippen LogP contribution in [0.25, 0.3) is 10.9 Å². The number of aldehydes is 1. The zero-order chi connectivity index (χ0) is 9.97. The Kier molecular flexibility index (Phi) is 2.33. The molecule has 0 saturated heterocycles. The van der Waals surface area contributed by atoms with Crippen molar-refractivity contribution in [3.8, 4) is 0 Å². The molecule has 0 aliphatic heterocycles. The Balaban J connectivity index is 2.29. The lowest BCUT2D eigenvalue weighted by atomic mass is 10.1. The van der Waals surface area contributed by atoms with E-state index in [4.69, 9.17) is 5.73 Å². The van der Waals surface area contributed by atoms with Crippen molar-refractivity contribution >= 4 is 17.2 Å². The Morgan fingerprint density at radius 2 is 2.29 bits per heavy atom. The average molecular weight is 188 g/mol. The molecule has 0 saturated carbocycles. The van der Waals surface area contributed by atoms with Gasteiger partial charge in [-0.25, -0.2) is 0 Å². The summed E-state index contributed by atoms with van der Waals surface area (Å²) in [6.45, 7) is 0. The SMILES string of the molecule is NC(C=O)Cc1ccc2[nH]ccc2c1. The van der Waals surface area contributed by atoms with E-state index in [2.05, 4.69) is 11.1 Å². The third-order valence-corrected chi connectivity index (χ3v) is 2.26. The van der Waals surface area contributed by atoms with Crippen molar-refractivity contribution < 1.29 is 4.79 Å². The van der Waals surface area contributed by atoms with E-state index in [1.165, 1.54) is 0 Å². The number of nitrogens with one attached hydrogen (secondary N) is 1. The Labute approximate surface area is 81.9 Å². The van der Waals surface area contributed by atoms with Crippen molar-refractivity contribution in [1.29, 1.82) is 0 Å². The average Bonchev–Trinajstić information content (AvgIpc) is 2.64. The van der Waals surface area contributed by atoms with Crippen LogP contribution in [0.3, 0.4) is 0 Å². The summed E-state index contributed by atoms with van der Waals surface area (Å²) in [6.07, 6.45) is 3.28. The van der Waals surface area contributed by atoms with Crippen molar-refractivity contribution in [2.24, 2.45) is 5.73 Å². The van der Waals surface area contributed by atoms with Gasteiger partial charge in [0.1, 0.15) is 6.29 Å². The second-order valence-corrected chi connectivity index (χ2v) is 3.40. The van der Waals surface area contributed by atoms with Gasteiger partial charge in [-0.15, -0.1) is 0 Å². The highest BCUT2D eigenvalue weighted by atomic mass is 16.1. The first kappa shape index (κ1) is 8.97. The van der Waals surface area contributed by atoms with Crippen LogP contribution in [-0.2, 0) is 11.2 Å². The standard InChI is InChI=1S/C11H12N2O/c12-10(7-14)6-8-1-2-11-9(5-8)3-4-13-11/h1-5,7,10,13H,6,12H2. The summed E-state index contributed by atoms with van der Waals surface area (Å²) in [4.78, 5) is 13.5. The van der Waals surface area contributed by atoms with Gasteiger partial charge in [-0.1, -0.05) is 6.07 Å². The van der Waals surface area contributed by atoms with E-state index in [-0.39, 0.29) is 0 Å². The van der Waals surface area contributed by atoms with Crippen LogP contribution >= 0.6 is 0 Å². The van der Waals surface area contributed by atoms with E-state index < -0.39 is 6.04 Å². The maximum atomic E-state index is 10.4. The van der Waals surface area contributed by atoms with Gasteiger partial charge in [0.05, 0.1) is 6.04 Å². The van der Waals surface area contributed by atoms with Gasteiger partial charge in [0, 0.05) is 11.7 Å². The van der Waals surface area contributed by atoms with Crippen LogP contribution in [0.5, 0.6) is 0 Å². The van der Waals surface area contributed by atoms with E-state index in [9.17, 15) is 4.79 Å². The third-order valence-electron chi connectivity index (χ3n) is 2.26. The maximum absolute atomic E-state index is 10.4. The predicted molar refractivity (Wildman–Crippen MR) is 56.0 cm³/mol. The smallest absolute Gasteiger partial charge is 0.137 e. The van der Waals surface area contributed by atoms with Crippen molar-refractivity contribution in [3.05, 3.63) is 36.0 Å². The molecule has 1 heterocycles. The van der Waals surface area contributed by atoms with Crippen LogP contribution in [0.2, 0.25) is 0 Å². The highest BCUT2D eigenvalue weighted by molar-refractivity contribution is 5.80. The van der Waals surface area contributed by atoms with Crippen LogP contribution < -0.4 is 5.73 Å². The highest BCUT2D eigenvalue weighted by Crippen LogP contribution is 2.14. The summed E-state index contributed by atoms with van der Waals surface area (Å²) in [6, 6.07) is 7.65. The minimum atomic E-state index is -0.397. The zero-order valence-corrected chi connectivity index (χ0v) is 7.73. The zero-order valence-electron chi connectivity index (χ0n) is 7.73. The van der Waals surface area contributed by atoms with Gasteiger partial charge in [-0.05, 0) is 35.6 Å². The summed E-state index contributed by atoms with van der Waals surface area (Å²) in [5.41, 5.74) is 7.75. The largest absolute Gasteiger partial charge is 0.361 e. The molecule has 2 rings (SSSR count). The summed E-state index contributed by atoms with van der Waals surface area (Å²) < 4.78 is 0. The number of carbonyl (C=O) groups excluding carboxylic acids is 1. The number of aromatic nitrogens is 1. The number of benzene rings is 1. The summed E-state index contributed by atoms with van der Waals surface area (Å²) in [5.74, 6) is 0. The number of aromatic amines is 1. The molecule has 1 atom stereocenters. The molecule has 0 aliphatic carbocycles.